The van der Waals surface area contributed by atoms with Crippen LogP contribution >= 0.6 is 0 Å². The summed E-state index contributed by atoms with van der Waals surface area (Å²) in [5, 5.41) is 4.94. The molecule has 5 nitrogen and oxygen atoms in total. The number of nitrogens with one attached hydrogen (secondary N) is 1. The number of hydrogen-bond donors (Lipinski definition) is 1. The third kappa shape index (κ3) is 2.14. The predicted molar refractivity (Wildman–Crippen MR) is 73.2 cm³/mol. The number of carbonyl (C=O) groups is 1. The van der Waals surface area contributed by atoms with E-state index in [4.69, 9.17) is 6.57 Å². The van der Waals surface area contributed by atoms with Crippen LogP contribution in [0.5, 0.6) is 0 Å². The Hall–Kier alpha value is -2.45. The van der Waals surface area contributed by atoms with Crippen LogP contribution in [0.2, 0.25) is 0 Å². The summed E-state index contributed by atoms with van der Waals surface area (Å²) in [4.78, 5) is 21.2. The lowest BCUT2D eigenvalue weighted by molar-refractivity contribution is -0.118. The van der Waals surface area contributed by atoms with Crippen LogP contribution in [0.25, 0.3) is 15.6 Å². The molecule has 0 spiro atoms. The molecule has 3 rings (SSSR count). The van der Waals surface area contributed by atoms with E-state index in [1.807, 2.05) is 12.1 Å². The molecule has 0 radical (unpaired) electrons. The molecule has 0 saturated carbocycles. The van der Waals surface area contributed by atoms with Gasteiger partial charge in [-0.05, 0) is 22.9 Å². The molecule has 1 aromatic heterocycles. The summed E-state index contributed by atoms with van der Waals surface area (Å²) < 4.78 is 0. The maximum absolute atomic E-state index is 11.8. The summed E-state index contributed by atoms with van der Waals surface area (Å²) in [5.41, 5.74) is 0.597. The van der Waals surface area contributed by atoms with Crippen molar-refractivity contribution in [2.75, 3.05) is 24.5 Å². The molecular weight excluding hydrogens is 240 g/mol. The van der Waals surface area contributed by atoms with E-state index < -0.39 is 0 Å². The molecule has 0 aliphatic carbocycles. The molecule has 94 valence electrons. The van der Waals surface area contributed by atoms with Crippen molar-refractivity contribution in [3.63, 3.8) is 0 Å². The number of carbonyl (C=O) groups excluding carboxylic acids is 1. The number of amides is 1. The molecule has 1 fully saturated rings. The standard InChI is InChI=1S/C14H12N4O/c1-15-12-3-2-10-7-13(17-8-11(10)6-12)18-5-4-16-9-14(18)19/h2-3,6-8,16H,4-5,9H2. The fourth-order valence-electron chi connectivity index (χ4n) is 2.18. The highest BCUT2D eigenvalue weighted by atomic mass is 16.2. The zero-order valence-corrected chi connectivity index (χ0v) is 10.3. The van der Waals surface area contributed by atoms with Crippen molar-refractivity contribution in [3.8, 4) is 0 Å². The minimum Gasteiger partial charge on any atom is -0.307 e. The zero-order valence-electron chi connectivity index (χ0n) is 10.3. The fourth-order valence-corrected chi connectivity index (χ4v) is 2.18. The van der Waals surface area contributed by atoms with Crippen molar-refractivity contribution in [2.24, 2.45) is 0 Å². The number of nitrogens with zero attached hydrogens (tertiary/aromatic N) is 3. The minimum absolute atomic E-state index is 0.0379. The quantitative estimate of drug-likeness (QED) is 0.786. The average Bonchev–Trinajstić information content (AvgIpc) is 2.46. The molecule has 0 atom stereocenters. The lowest BCUT2D eigenvalue weighted by Gasteiger charge is -2.26. The van der Waals surface area contributed by atoms with Gasteiger partial charge in [0.25, 0.3) is 0 Å². The van der Waals surface area contributed by atoms with Crippen LogP contribution in [-0.4, -0.2) is 30.5 Å². The van der Waals surface area contributed by atoms with E-state index in [0.717, 1.165) is 17.3 Å². The third-order valence-corrected chi connectivity index (χ3v) is 3.19. The molecule has 5 heteroatoms. The molecule has 1 saturated heterocycles. The molecule has 19 heavy (non-hydrogen) atoms. The lowest BCUT2D eigenvalue weighted by atomic mass is 10.1. The molecule has 2 heterocycles. The van der Waals surface area contributed by atoms with Gasteiger partial charge in [0.1, 0.15) is 5.82 Å². The van der Waals surface area contributed by atoms with Gasteiger partial charge in [0.15, 0.2) is 5.69 Å². The maximum Gasteiger partial charge on any atom is 0.242 e. The summed E-state index contributed by atoms with van der Waals surface area (Å²) >= 11 is 0. The van der Waals surface area contributed by atoms with Gasteiger partial charge in [-0.2, -0.15) is 0 Å². The van der Waals surface area contributed by atoms with Gasteiger partial charge in [-0.3, -0.25) is 9.69 Å². The average molecular weight is 252 g/mol. The summed E-state index contributed by atoms with van der Waals surface area (Å²) in [6.07, 6.45) is 1.72. The third-order valence-electron chi connectivity index (χ3n) is 3.19. The Kier molecular flexibility index (Phi) is 2.86. The Morgan fingerprint density at radius 3 is 3.00 bits per heavy atom. The highest BCUT2D eigenvalue weighted by molar-refractivity contribution is 5.97. The van der Waals surface area contributed by atoms with Crippen molar-refractivity contribution in [1.29, 1.82) is 0 Å². The summed E-state index contributed by atoms with van der Waals surface area (Å²) in [6, 6.07) is 7.37. The van der Waals surface area contributed by atoms with Crippen molar-refractivity contribution < 1.29 is 4.79 Å². The number of aromatic nitrogens is 1. The van der Waals surface area contributed by atoms with Crippen LogP contribution in [0.15, 0.2) is 30.5 Å². The van der Waals surface area contributed by atoms with Gasteiger partial charge in [-0.15, -0.1) is 0 Å². The molecule has 0 bridgehead atoms. The van der Waals surface area contributed by atoms with Crippen molar-refractivity contribution in [2.45, 2.75) is 0 Å². The number of pyridine rings is 1. The number of anilines is 1. The Morgan fingerprint density at radius 1 is 1.32 bits per heavy atom. The zero-order chi connectivity index (χ0) is 13.2. The van der Waals surface area contributed by atoms with Crippen LogP contribution in [0.3, 0.4) is 0 Å². The van der Waals surface area contributed by atoms with Crippen molar-refractivity contribution >= 4 is 28.2 Å². The molecule has 0 unspecified atom stereocenters. The first-order valence-electron chi connectivity index (χ1n) is 6.06. The Morgan fingerprint density at radius 2 is 2.21 bits per heavy atom. The van der Waals surface area contributed by atoms with Gasteiger partial charge in [0, 0.05) is 19.3 Å². The number of rotatable bonds is 1. The van der Waals surface area contributed by atoms with Gasteiger partial charge in [-0.1, -0.05) is 12.1 Å². The first kappa shape index (κ1) is 11.6. The van der Waals surface area contributed by atoms with Gasteiger partial charge in [-0.25, -0.2) is 9.83 Å². The molecule has 1 amide bonds. The minimum atomic E-state index is 0.0379. The van der Waals surface area contributed by atoms with Gasteiger partial charge >= 0.3 is 0 Å². The van der Waals surface area contributed by atoms with E-state index in [0.29, 0.717) is 24.6 Å². The van der Waals surface area contributed by atoms with Gasteiger partial charge in [0.05, 0.1) is 13.1 Å². The molecular formula is C14H12N4O. The highest BCUT2D eigenvalue weighted by Crippen LogP contribution is 2.24. The second-order valence-corrected chi connectivity index (χ2v) is 4.41. The smallest absolute Gasteiger partial charge is 0.242 e. The largest absolute Gasteiger partial charge is 0.307 e. The lowest BCUT2D eigenvalue weighted by Crippen LogP contribution is -2.48. The maximum atomic E-state index is 11.8. The van der Waals surface area contributed by atoms with E-state index in [1.54, 1.807) is 23.2 Å². The van der Waals surface area contributed by atoms with Crippen LogP contribution in [0.1, 0.15) is 0 Å². The number of piperazine rings is 1. The summed E-state index contributed by atoms with van der Waals surface area (Å²) in [7, 11) is 0. The highest BCUT2D eigenvalue weighted by Gasteiger charge is 2.20. The second kappa shape index (κ2) is 4.67. The van der Waals surface area contributed by atoms with E-state index in [1.165, 1.54) is 0 Å². The molecule has 1 aliphatic rings. The first-order chi connectivity index (χ1) is 9.28. The van der Waals surface area contributed by atoms with E-state index in [-0.39, 0.29) is 5.91 Å². The van der Waals surface area contributed by atoms with Gasteiger partial charge < -0.3 is 5.32 Å². The number of hydrogen-bond acceptors (Lipinski definition) is 3. The van der Waals surface area contributed by atoms with Crippen LogP contribution in [0.4, 0.5) is 11.5 Å². The van der Waals surface area contributed by atoms with Crippen LogP contribution < -0.4 is 10.2 Å². The summed E-state index contributed by atoms with van der Waals surface area (Å²) in [6.45, 7) is 8.77. The van der Waals surface area contributed by atoms with E-state index in [9.17, 15) is 4.79 Å². The molecule has 2 aromatic rings. The fraction of sp³-hybridized carbons (Fsp3) is 0.214. The van der Waals surface area contributed by atoms with E-state index in [2.05, 4.69) is 15.1 Å². The summed E-state index contributed by atoms with van der Waals surface area (Å²) in [5.74, 6) is 0.713. The predicted octanol–water partition coefficient (Wildman–Crippen LogP) is 1.72. The topological polar surface area (TPSA) is 49.6 Å². The Balaban J connectivity index is 2.02. The number of benzene rings is 1. The Labute approximate surface area is 110 Å². The van der Waals surface area contributed by atoms with Crippen molar-refractivity contribution in [1.82, 2.24) is 10.3 Å². The first-order valence-corrected chi connectivity index (χ1v) is 6.06. The number of fused-ring (bicyclic) bond motifs is 1. The Bertz CT molecular complexity index is 689. The molecule has 1 N–H and O–H groups in total. The SMILES string of the molecule is [C-]#[N+]c1ccc2cc(N3CCNCC3=O)ncc2c1. The normalized spacial score (nSPS) is 15.5. The van der Waals surface area contributed by atoms with Gasteiger partial charge in [0.2, 0.25) is 5.91 Å². The second-order valence-electron chi connectivity index (χ2n) is 4.41. The van der Waals surface area contributed by atoms with Crippen molar-refractivity contribution in [3.05, 3.63) is 41.9 Å². The van der Waals surface area contributed by atoms with Crippen LogP contribution in [0, 0.1) is 6.57 Å². The van der Waals surface area contributed by atoms with Crippen LogP contribution in [-0.2, 0) is 4.79 Å². The van der Waals surface area contributed by atoms with E-state index >= 15 is 0 Å². The monoisotopic (exact) mass is 252 g/mol. The molecule has 1 aliphatic heterocycles. The molecule has 1 aromatic carbocycles.